The fraction of sp³-hybridized carbons (Fsp3) is 0.833. The molecule has 1 aliphatic heterocycles. The van der Waals surface area contributed by atoms with Crippen LogP contribution in [0.3, 0.4) is 0 Å². The van der Waals surface area contributed by atoms with Crippen molar-refractivity contribution in [2.75, 3.05) is 13.1 Å². The Morgan fingerprint density at radius 1 is 1.78 bits per heavy atom. The molecule has 0 aliphatic carbocycles. The van der Waals surface area contributed by atoms with Crippen LogP contribution in [-0.2, 0) is 4.79 Å². The van der Waals surface area contributed by atoms with Crippen LogP contribution in [0.15, 0.2) is 0 Å². The number of hydrogen-bond acceptors (Lipinski definition) is 2. The first-order valence-corrected chi connectivity index (χ1v) is 3.06. The summed E-state index contributed by atoms with van der Waals surface area (Å²) in [4.78, 5) is 10.6. The Balaban J connectivity index is 2.61. The molecular weight excluding hydrogens is 121 g/mol. The van der Waals surface area contributed by atoms with Crippen LogP contribution in [0, 0.1) is 0 Å². The van der Waals surface area contributed by atoms with E-state index in [1.807, 2.05) is 0 Å². The van der Waals surface area contributed by atoms with E-state index in [1.54, 1.807) is 0 Å². The van der Waals surface area contributed by atoms with Crippen LogP contribution in [0.2, 0.25) is 0 Å². The average Bonchev–Trinajstić information content (AvgIpc) is 2.16. The summed E-state index contributed by atoms with van der Waals surface area (Å²) in [6, 6.07) is 0. The van der Waals surface area contributed by atoms with Crippen LogP contribution in [0.5, 0.6) is 0 Å². The molecule has 1 aliphatic rings. The number of alkyl halides is 1. The van der Waals surface area contributed by atoms with Gasteiger partial charge < -0.3 is 5.32 Å². The van der Waals surface area contributed by atoms with Gasteiger partial charge in [0.05, 0.1) is 0 Å². The minimum absolute atomic E-state index is 0.197. The molecule has 3 heteroatoms. The molecule has 0 unspecified atom stereocenters. The average molecular weight is 131 g/mol. The molecule has 1 heterocycles. The molecule has 1 rings (SSSR count). The maximum atomic E-state index is 13.0. The van der Waals surface area contributed by atoms with Gasteiger partial charge in [0.25, 0.3) is 0 Å². The molecule has 1 N–H and O–H groups in total. The summed E-state index contributed by atoms with van der Waals surface area (Å²) in [5.41, 5.74) is -1.56. The van der Waals surface area contributed by atoms with Gasteiger partial charge in [-0.3, -0.25) is 4.79 Å². The van der Waals surface area contributed by atoms with Gasteiger partial charge in [0, 0.05) is 13.0 Å². The second-order valence-electron chi connectivity index (χ2n) is 2.45. The van der Waals surface area contributed by atoms with E-state index in [9.17, 15) is 9.18 Å². The zero-order chi connectivity index (χ0) is 6.91. The Labute approximate surface area is 53.4 Å². The number of nitrogens with one attached hydrogen (secondary N) is 1. The van der Waals surface area contributed by atoms with Crippen molar-refractivity contribution in [2.45, 2.75) is 19.0 Å². The molecule has 0 saturated carbocycles. The molecule has 52 valence electrons. The third kappa shape index (κ3) is 1.10. The first-order valence-electron chi connectivity index (χ1n) is 3.06. The zero-order valence-electron chi connectivity index (χ0n) is 5.41. The van der Waals surface area contributed by atoms with E-state index in [-0.39, 0.29) is 12.3 Å². The van der Waals surface area contributed by atoms with Gasteiger partial charge in [0.2, 0.25) is 0 Å². The van der Waals surface area contributed by atoms with Crippen LogP contribution < -0.4 is 5.32 Å². The minimum Gasteiger partial charge on any atom is -0.313 e. The van der Waals surface area contributed by atoms with Gasteiger partial charge in [0.15, 0.2) is 11.5 Å². The van der Waals surface area contributed by atoms with E-state index in [0.717, 1.165) is 0 Å². The van der Waals surface area contributed by atoms with Crippen molar-refractivity contribution in [1.82, 2.24) is 5.32 Å². The van der Waals surface area contributed by atoms with Gasteiger partial charge in [-0.1, -0.05) is 0 Å². The maximum absolute atomic E-state index is 13.0. The third-order valence-electron chi connectivity index (χ3n) is 1.73. The van der Waals surface area contributed by atoms with E-state index in [0.29, 0.717) is 13.0 Å². The molecule has 1 fully saturated rings. The summed E-state index contributed by atoms with van der Waals surface area (Å²) < 4.78 is 13.0. The van der Waals surface area contributed by atoms with Crippen molar-refractivity contribution >= 4 is 5.78 Å². The van der Waals surface area contributed by atoms with E-state index in [1.165, 1.54) is 6.92 Å². The smallest absolute Gasteiger partial charge is 0.181 e. The molecule has 0 radical (unpaired) electrons. The Hall–Kier alpha value is -0.440. The lowest BCUT2D eigenvalue weighted by Crippen LogP contribution is -2.33. The van der Waals surface area contributed by atoms with E-state index in [4.69, 9.17) is 0 Å². The van der Waals surface area contributed by atoms with Gasteiger partial charge in [0.1, 0.15) is 0 Å². The molecule has 0 bridgehead atoms. The van der Waals surface area contributed by atoms with Gasteiger partial charge in [-0.05, 0) is 13.5 Å². The maximum Gasteiger partial charge on any atom is 0.181 e. The van der Waals surface area contributed by atoms with Crippen LogP contribution in [0.4, 0.5) is 4.39 Å². The largest absolute Gasteiger partial charge is 0.313 e. The number of hydrogen-bond donors (Lipinski definition) is 1. The highest BCUT2D eigenvalue weighted by molar-refractivity contribution is 5.85. The molecule has 2 nitrogen and oxygen atoms in total. The summed E-state index contributed by atoms with van der Waals surface area (Å²) in [7, 11) is 0. The molecule has 0 aromatic heterocycles. The van der Waals surface area contributed by atoms with E-state index < -0.39 is 5.67 Å². The second kappa shape index (κ2) is 2.06. The number of rotatable bonds is 1. The predicted molar refractivity (Wildman–Crippen MR) is 32.0 cm³/mol. The Morgan fingerprint density at radius 2 is 2.44 bits per heavy atom. The van der Waals surface area contributed by atoms with Gasteiger partial charge in [-0.25, -0.2) is 4.39 Å². The Kier molecular flexibility index (Phi) is 1.53. The number of carbonyl (C=O) groups is 1. The Bertz CT molecular complexity index is 129. The fourth-order valence-electron chi connectivity index (χ4n) is 0.962. The highest BCUT2D eigenvalue weighted by Crippen LogP contribution is 2.19. The summed E-state index contributed by atoms with van der Waals surface area (Å²) >= 11 is 0. The lowest BCUT2D eigenvalue weighted by molar-refractivity contribution is -0.127. The number of carbonyl (C=O) groups excluding carboxylic acids is 1. The number of Topliss-reactive ketones (excluding diaryl/α,β-unsaturated/α-hetero) is 1. The van der Waals surface area contributed by atoms with Gasteiger partial charge in [-0.2, -0.15) is 0 Å². The van der Waals surface area contributed by atoms with E-state index in [2.05, 4.69) is 5.32 Å². The predicted octanol–water partition coefficient (Wildman–Crippen LogP) is 0.277. The third-order valence-corrected chi connectivity index (χ3v) is 1.73. The van der Waals surface area contributed by atoms with Crippen LogP contribution >= 0.6 is 0 Å². The first-order chi connectivity index (χ1) is 4.15. The summed E-state index contributed by atoms with van der Waals surface area (Å²) in [6.07, 6.45) is 0.336. The highest BCUT2D eigenvalue weighted by Gasteiger charge is 2.38. The SMILES string of the molecule is CC(=O)[C@@]1(F)CCNC1. The Morgan fingerprint density at radius 3 is 2.67 bits per heavy atom. The van der Waals surface area contributed by atoms with Crippen molar-refractivity contribution in [2.24, 2.45) is 0 Å². The molecule has 1 saturated heterocycles. The van der Waals surface area contributed by atoms with Crippen molar-refractivity contribution in [3.05, 3.63) is 0 Å². The van der Waals surface area contributed by atoms with Crippen molar-refractivity contribution in [3.8, 4) is 0 Å². The molecule has 0 spiro atoms. The topological polar surface area (TPSA) is 29.1 Å². The summed E-state index contributed by atoms with van der Waals surface area (Å²) in [5.74, 6) is -0.354. The quantitative estimate of drug-likeness (QED) is 0.553. The van der Waals surface area contributed by atoms with Crippen molar-refractivity contribution in [3.63, 3.8) is 0 Å². The first kappa shape index (κ1) is 6.68. The highest BCUT2D eigenvalue weighted by atomic mass is 19.1. The molecule has 9 heavy (non-hydrogen) atoms. The zero-order valence-corrected chi connectivity index (χ0v) is 5.41. The minimum atomic E-state index is -1.56. The van der Waals surface area contributed by atoms with Gasteiger partial charge >= 0.3 is 0 Å². The molecule has 0 aromatic carbocycles. The summed E-state index contributed by atoms with van der Waals surface area (Å²) in [6.45, 7) is 2.12. The van der Waals surface area contributed by atoms with E-state index >= 15 is 0 Å². The van der Waals surface area contributed by atoms with Crippen LogP contribution in [0.1, 0.15) is 13.3 Å². The second-order valence-corrected chi connectivity index (χ2v) is 2.45. The van der Waals surface area contributed by atoms with Crippen molar-refractivity contribution in [1.29, 1.82) is 0 Å². The monoisotopic (exact) mass is 131 g/mol. The summed E-state index contributed by atoms with van der Waals surface area (Å²) in [5, 5.41) is 2.80. The van der Waals surface area contributed by atoms with Crippen LogP contribution in [-0.4, -0.2) is 24.5 Å². The van der Waals surface area contributed by atoms with Crippen LogP contribution in [0.25, 0.3) is 0 Å². The molecular formula is C6H10FNO. The van der Waals surface area contributed by atoms with Crippen molar-refractivity contribution < 1.29 is 9.18 Å². The normalized spacial score (nSPS) is 34.9. The standard InChI is InChI=1S/C6H10FNO/c1-5(9)6(7)2-3-8-4-6/h8H,2-4H2,1H3/t6-/m1/s1. The van der Waals surface area contributed by atoms with Gasteiger partial charge in [-0.15, -0.1) is 0 Å². The molecule has 0 aromatic rings. The lowest BCUT2D eigenvalue weighted by Gasteiger charge is -2.11. The fourth-order valence-corrected chi connectivity index (χ4v) is 0.962. The molecule has 1 atom stereocenters. The molecule has 0 amide bonds. The lowest BCUT2D eigenvalue weighted by atomic mass is 10.0. The number of ketones is 1. The number of halogens is 1.